The first kappa shape index (κ1) is 14.9. The van der Waals surface area contributed by atoms with E-state index in [2.05, 4.69) is 22.5 Å². The van der Waals surface area contributed by atoms with Gasteiger partial charge in [0.15, 0.2) is 6.17 Å². The highest BCUT2D eigenvalue weighted by Crippen LogP contribution is 2.31. The maximum absolute atomic E-state index is 14.2. The fraction of sp³-hybridized carbons (Fsp3) is 0.357. The van der Waals surface area contributed by atoms with E-state index >= 15 is 0 Å². The highest BCUT2D eigenvalue weighted by atomic mass is 79.9. The number of halogens is 2. The largest absolute Gasteiger partial charge is 0.459 e. The first-order chi connectivity index (χ1) is 8.47. The van der Waals surface area contributed by atoms with Crippen molar-refractivity contribution in [1.82, 2.24) is 0 Å². The minimum absolute atomic E-state index is 0.179. The Morgan fingerprint density at radius 1 is 1.50 bits per heavy atom. The third kappa shape index (κ3) is 3.67. The zero-order valence-corrected chi connectivity index (χ0v) is 12.0. The van der Waals surface area contributed by atoms with Gasteiger partial charge in [0, 0.05) is 10.0 Å². The third-order valence-corrected chi connectivity index (χ3v) is 3.35. The van der Waals surface area contributed by atoms with E-state index in [9.17, 15) is 9.18 Å². The van der Waals surface area contributed by atoms with Gasteiger partial charge >= 0.3 is 5.97 Å². The number of alkyl halides is 1. The quantitative estimate of drug-likeness (QED) is 0.596. The molecule has 18 heavy (non-hydrogen) atoms. The van der Waals surface area contributed by atoms with E-state index in [1.54, 1.807) is 31.2 Å². The molecular weight excluding hydrogens is 299 g/mol. The molecule has 0 saturated heterocycles. The van der Waals surface area contributed by atoms with Gasteiger partial charge in [0.05, 0.1) is 11.7 Å². The maximum atomic E-state index is 14.2. The summed E-state index contributed by atoms with van der Waals surface area (Å²) in [6.45, 7) is 7.14. The Bertz CT molecular complexity index is 445. The van der Waals surface area contributed by atoms with Crippen LogP contribution in [0, 0.1) is 0 Å². The van der Waals surface area contributed by atoms with Crippen LogP contribution in [0.1, 0.15) is 32.0 Å². The number of hydrogen-bond donors (Lipinski definition) is 0. The number of carbonyl (C=O) groups excluding carboxylic acids is 1. The van der Waals surface area contributed by atoms with Crippen LogP contribution in [0.5, 0.6) is 0 Å². The minimum Gasteiger partial charge on any atom is -0.459 e. The lowest BCUT2D eigenvalue weighted by Gasteiger charge is -2.15. The smallest absolute Gasteiger partial charge is 0.336 e. The summed E-state index contributed by atoms with van der Waals surface area (Å²) in [6, 6.07) is 6.81. The summed E-state index contributed by atoms with van der Waals surface area (Å²) in [5, 5.41) is 0. The molecular formula is C14H16BrFO2. The van der Waals surface area contributed by atoms with Crippen molar-refractivity contribution in [3.63, 3.8) is 0 Å². The van der Waals surface area contributed by atoms with Crippen molar-refractivity contribution in [1.29, 1.82) is 0 Å². The number of hydrogen-bond acceptors (Lipinski definition) is 2. The molecule has 98 valence electrons. The Morgan fingerprint density at radius 3 is 2.67 bits per heavy atom. The van der Waals surface area contributed by atoms with Gasteiger partial charge in [-0.1, -0.05) is 47.6 Å². The highest BCUT2D eigenvalue weighted by Gasteiger charge is 2.24. The van der Waals surface area contributed by atoms with Crippen LogP contribution in [0.2, 0.25) is 0 Å². The van der Waals surface area contributed by atoms with Crippen LogP contribution in [0.4, 0.5) is 4.39 Å². The second-order valence-electron chi connectivity index (χ2n) is 4.03. The lowest BCUT2D eigenvalue weighted by Crippen LogP contribution is -2.17. The van der Waals surface area contributed by atoms with Gasteiger partial charge in [-0.15, -0.1) is 0 Å². The SMILES string of the molecule is C=C(C(=O)OC(C)CC)C(F)c1ccccc1Br. The van der Waals surface area contributed by atoms with Gasteiger partial charge in [-0.05, 0) is 19.4 Å². The average Bonchev–Trinajstić information content (AvgIpc) is 2.37. The predicted molar refractivity (Wildman–Crippen MR) is 73.0 cm³/mol. The predicted octanol–water partition coefficient (Wildman–Crippen LogP) is 4.36. The van der Waals surface area contributed by atoms with Crippen LogP contribution in [0.3, 0.4) is 0 Å². The highest BCUT2D eigenvalue weighted by molar-refractivity contribution is 9.10. The van der Waals surface area contributed by atoms with E-state index < -0.39 is 12.1 Å². The fourth-order valence-corrected chi connectivity index (χ4v) is 1.80. The standard InChI is InChI=1S/C14H16BrFO2/c1-4-9(2)18-14(17)10(3)13(16)11-7-5-6-8-12(11)15/h5-9,13H,3-4H2,1-2H3. The molecule has 1 aromatic rings. The van der Waals surface area contributed by atoms with Gasteiger partial charge in [0.2, 0.25) is 0 Å². The number of ether oxygens (including phenoxy) is 1. The van der Waals surface area contributed by atoms with Gasteiger partial charge in [0.1, 0.15) is 0 Å². The molecule has 0 N–H and O–H groups in total. The summed E-state index contributed by atoms with van der Waals surface area (Å²) in [5.74, 6) is -0.687. The van der Waals surface area contributed by atoms with Crippen molar-refractivity contribution in [3.05, 3.63) is 46.5 Å². The van der Waals surface area contributed by atoms with Crippen LogP contribution in [-0.4, -0.2) is 12.1 Å². The number of carbonyl (C=O) groups is 1. The van der Waals surface area contributed by atoms with Crippen LogP contribution in [0.15, 0.2) is 40.9 Å². The molecule has 2 nitrogen and oxygen atoms in total. The third-order valence-electron chi connectivity index (χ3n) is 2.63. The summed E-state index contributed by atoms with van der Waals surface area (Å²) in [7, 11) is 0. The average molecular weight is 315 g/mol. The summed E-state index contributed by atoms with van der Waals surface area (Å²) in [4.78, 5) is 11.7. The van der Waals surface area contributed by atoms with Gasteiger partial charge in [-0.2, -0.15) is 0 Å². The molecule has 2 atom stereocenters. The van der Waals surface area contributed by atoms with Crippen LogP contribution >= 0.6 is 15.9 Å². The second-order valence-corrected chi connectivity index (χ2v) is 4.89. The van der Waals surface area contributed by atoms with Gasteiger partial charge in [-0.3, -0.25) is 0 Å². The zero-order valence-electron chi connectivity index (χ0n) is 10.5. The first-order valence-corrected chi connectivity index (χ1v) is 6.55. The van der Waals surface area contributed by atoms with Gasteiger partial charge in [-0.25, -0.2) is 9.18 Å². The molecule has 0 amide bonds. The molecule has 4 heteroatoms. The molecule has 2 unspecified atom stereocenters. The van der Waals surface area contributed by atoms with Crippen LogP contribution in [0.25, 0.3) is 0 Å². The fourth-order valence-electron chi connectivity index (χ4n) is 1.31. The van der Waals surface area contributed by atoms with Crippen molar-refractivity contribution < 1.29 is 13.9 Å². The molecule has 0 fully saturated rings. The molecule has 0 aliphatic rings. The molecule has 0 aliphatic heterocycles. The molecule has 0 saturated carbocycles. The first-order valence-electron chi connectivity index (χ1n) is 5.75. The monoisotopic (exact) mass is 314 g/mol. The van der Waals surface area contributed by atoms with E-state index in [1.807, 2.05) is 6.92 Å². The molecule has 0 heterocycles. The lowest BCUT2D eigenvalue weighted by atomic mass is 10.0. The van der Waals surface area contributed by atoms with Crippen molar-refractivity contribution in [2.45, 2.75) is 32.5 Å². The zero-order chi connectivity index (χ0) is 13.7. The van der Waals surface area contributed by atoms with Crippen molar-refractivity contribution >= 4 is 21.9 Å². The Hall–Kier alpha value is -1.16. The summed E-state index contributed by atoms with van der Waals surface area (Å²) in [6.07, 6.45) is -1.11. The molecule has 0 spiro atoms. The topological polar surface area (TPSA) is 26.3 Å². The van der Waals surface area contributed by atoms with E-state index in [-0.39, 0.29) is 11.7 Å². The Balaban J connectivity index is 2.79. The number of rotatable bonds is 5. The molecule has 0 bridgehead atoms. The summed E-state index contributed by atoms with van der Waals surface area (Å²) >= 11 is 3.25. The van der Waals surface area contributed by atoms with Crippen molar-refractivity contribution in [3.8, 4) is 0 Å². The van der Waals surface area contributed by atoms with E-state index in [0.29, 0.717) is 16.5 Å². The van der Waals surface area contributed by atoms with E-state index in [4.69, 9.17) is 4.74 Å². The van der Waals surface area contributed by atoms with Crippen molar-refractivity contribution in [2.24, 2.45) is 0 Å². The van der Waals surface area contributed by atoms with E-state index in [1.165, 1.54) is 0 Å². The molecule has 1 rings (SSSR count). The second kappa shape index (κ2) is 6.69. The van der Waals surface area contributed by atoms with Gasteiger partial charge < -0.3 is 4.74 Å². The maximum Gasteiger partial charge on any atom is 0.336 e. The Morgan fingerprint density at radius 2 is 2.11 bits per heavy atom. The van der Waals surface area contributed by atoms with Crippen molar-refractivity contribution in [2.75, 3.05) is 0 Å². The van der Waals surface area contributed by atoms with E-state index in [0.717, 1.165) is 0 Å². The lowest BCUT2D eigenvalue weighted by molar-refractivity contribution is -0.144. The normalized spacial score (nSPS) is 13.8. The summed E-state index contributed by atoms with van der Waals surface area (Å²) < 4.78 is 19.8. The number of esters is 1. The molecule has 0 radical (unpaired) electrons. The molecule has 0 aliphatic carbocycles. The van der Waals surface area contributed by atoms with Crippen LogP contribution in [-0.2, 0) is 9.53 Å². The number of benzene rings is 1. The minimum atomic E-state index is -1.56. The van der Waals surface area contributed by atoms with Gasteiger partial charge in [0.25, 0.3) is 0 Å². The molecule has 1 aromatic carbocycles. The molecule has 0 aromatic heterocycles. The summed E-state index contributed by atoms with van der Waals surface area (Å²) in [5.41, 5.74) is 0.200. The Labute approximate surface area is 115 Å². The Kier molecular flexibility index (Phi) is 5.54. The van der Waals surface area contributed by atoms with Crippen LogP contribution < -0.4 is 0 Å².